The molecule has 2 aromatic carbocycles. The maximum absolute atomic E-state index is 5.28. The van der Waals surface area contributed by atoms with E-state index in [9.17, 15) is 0 Å². The summed E-state index contributed by atoms with van der Waals surface area (Å²) < 4.78 is 5.28. The van der Waals surface area contributed by atoms with Crippen molar-refractivity contribution in [2.75, 3.05) is 7.11 Å². The summed E-state index contributed by atoms with van der Waals surface area (Å²) in [5, 5.41) is 0. The van der Waals surface area contributed by atoms with Crippen LogP contribution in [-0.4, -0.2) is 7.11 Å². The minimum atomic E-state index is 0.768. The Bertz CT molecular complexity index is 789. The van der Waals surface area contributed by atoms with Gasteiger partial charge in [0.1, 0.15) is 5.75 Å². The number of methoxy groups -OCH3 is 1. The Labute approximate surface area is 203 Å². The number of benzene rings is 2. The highest BCUT2D eigenvalue weighted by Gasteiger charge is 2.25. The Hall–Kier alpha value is -1.76. The lowest BCUT2D eigenvalue weighted by Crippen LogP contribution is -2.17. The second-order valence-corrected chi connectivity index (χ2v) is 11.0. The van der Waals surface area contributed by atoms with Gasteiger partial charge in [-0.2, -0.15) is 0 Å². The fourth-order valence-corrected chi connectivity index (χ4v) is 6.48. The molecule has 0 unspecified atom stereocenters. The minimum absolute atomic E-state index is 0.768. The van der Waals surface area contributed by atoms with Crippen molar-refractivity contribution in [1.29, 1.82) is 0 Å². The van der Waals surface area contributed by atoms with Crippen molar-refractivity contribution in [1.82, 2.24) is 0 Å². The normalized spacial score (nSPS) is 25.6. The zero-order valence-electron chi connectivity index (χ0n) is 21.2. The Balaban J connectivity index is 1.16. The molecule has 2 fully saturated rings. The first-order valence-corrected chi connectivity index (χ1v) is 14.0. The van der Waals surface area contributed by atoms with Crippen LogP contribution in [0.3, 0.4) is 0 Å². The summed E-state index contributed by atoms with van der Waals surface area (Å²) in [4.78, 5) is 0. The van der Waals surface area contributed by atoms with E-state index < -0.39 is 0 Å². The summed E-state index contributed by atoms with van der Waals surface area (Å²) >= 11 is 0. The van der Waals surface area contributed by atoms with Gasteiger partial charge in [0.25, 0.3) is 0 Å². The van der Waals surface area contributed by atoms with Gasteiger partial charge in [-0.15, -0.1) is 0 Å². The first-order valence-electron chi connectivity index (χ1n) is 14.0. The van der Waals surface area contributed by atoms with E-state index in [2.05, 4.69) is 43.3 Å². The molecule has 2 saturated carbocycles. The first kappa shape index (κ1) is 24.4. The van der Waals surface area contributed by atoms with E-state index >= 15 is 0 Å². The summed E-state index contributed by atoms with van der Waals surface area (Å²) in [5.41, 5.74) is 4.11. The van der Waals surface area contributed by atoms with Crippen molar-refractivity contribution >= 4 is 0 Å². The Morgan fingerprint density at radius 3 is 1.61 bits per heavy atom. The van der Waals surface area contributed by atoms with E-state index in [1.165, 1.54) is 101 Å². The molecule has 0 atom stereocenters. The third kappa shape index (κ3) is 7.11. The van der Waals surface area contributed by atoms with Crippen LogP contribution in [0.1, 0.15) is 108 Å². The Morgan fingerprint density at radius 1 is 0.606 bits per heavy atom. The smallest absolute Gasteiger partial charge is 0.118 e. The van der Waals surface area contributed by atoms with Crippen LogP contribution in [0.15, 0.2) is 48.5 Å². The molecule has 0 amide bonds. The fraction of sp³-hybridized carbons (Fsp3) is 0.625. The van der Waals surface area contributed by atoms with Crippen LogP contribution >= 0.6 is 0 Å². The topological polar surface area (TPSA) is 9.23 Å². The maximum Gasteiger partial charge on any atom is 0.118 e. The van der Waals surface area contributed by atoms with Crippen molar-refractivity contribution in [2.24, 2.45) is 17.8 Å². The maximum atomic E-state index is 5.28. The molecule has 1 heteroatoms. The third-order valence-corrected chi connectivity index (χ3v) is 8.82. The SMILES string of the molecule is CCCCCC1CCC(CCC2CCC(c3ccc(-c4ccc(OC)cc4)cc3)CC2)CC1. The molecule has 2 aliphatic rings. The molecule has 0 radical (unpaired) electrons. The van der Waals surface area contributed by atoms with E-state index in [1.54, 1.807) is 12.7 Å². The molecule has 0 saturated heterocycles. The van der Waals surface area contributed by atoms with Crippen LogP contribution in [-0.2, 0) is 0 Å². The summed E-state index contributed by atoms with van der Waals surface area (Å²) in [7, 11) is 1.72. The zero-order chi connectivity index (χ0) is 22.9. The van der Waals surface area contributed by atoms with E-state index in [4.69, 9.17) is 4.74 Å². The number of unbranched alkanes of at least 4 members (excludes halogenated alkanes) is 2. The molecule has 180 valence electrons. The number of hydrogen-bond acceptors (Lipinski definition) is 1. The molecule has 33 heavy (non-hydrogen) atoms. The van der Waals surface area contributed by atoms with Gasteiger partial charge in [0.2, 0.25) is 0 Å². The van der Waals surface area contributed by atoms with Gasteiger partial charge in [0, 0.05) is 0 Å². The summed E-state index contributed by atoms with van der Waals surface area (Å²) in [6.07, 6.45) is 20.5. The van der Waals surface area contributed by atoms with E-state index in [-0.39, 0.29) is 0 Å². The van der Waals surface area contributed by atoms with Gasteiger partial charge in [0.05, 0.1) is 7.11 Å². The zero-order valence-corrected chi connectivity index (χ0v) is 21.2. The van der Waals surface area contributed by atoms with Crippen LogP contribution in [0.2, 0.25) is 0 Å². The van der Waals surface area contributed by atoms with Gasteiger partial charge in [0.15, 0.2) is 0 Å². The predicted molar refractivity (Wildman–Crippen MR) is 142 cm³/mol. The number of rotatable bonds is 10. The molecular weight excluding hydrogens is 400 g/mol. The summed E-state index contributed by atoms with van der Waals surface area (Å²) in [6, 6.07) is 17.8. The average Bonchev–Trinajstić information content (AvgIpc) is 2.89. The van der Waals surface area contributed by atoms with Crippen molar-refractivity contribution in [3.05, 3.63) is 54.1 Å². The van der Waals surface area contributed by atoms with Crippen LogP contribution in [0.5, 0.6) is 5.75 Å². The lowest BCUT2D eigenvalue weighted by Gasteiger charge is -2.32. The molecule has 0 aromatic heterocycles. The third-order valence-electron chi connectivity index (χ3n) is 8.82. The van der Waals surface area contributed by atoms with Crippen molar-refractivity contribution in [3.63, 3.8) is 0 Å². The second kappa shape index (κ2) is 12.6. The van der Waals surface area contributed by atoms with Gasteiger partial charge >= 0.3 is 0 Å². The highest BCUT2D eigenvalue weighted by molar-refractivity contribution is 5.64. The largest absolute Gasteiger partial charge is 0.497 e. The van der Waals surface area contributed by atoms with Crippen LogP contribution in [0, 0.1) is 17.8 Å². The average molecular weight is 447 g/mol. The van der Waals surface area contributed by atoms with Gasteiger partial charge in [-0.1, -0.05) is 108 Å². The fourth-order valence-electron chi connectivity index (χ4n) is 6.48. The van der Waals surface area contributed by atoms with E-state index in [0.29, 0.717) is 0 Å². The van der Waals surface area contributed by atoms with Crippen LogP contribution in [0.25, 0.3) is 11.1 Å². The molecule has 1 nitrogen and oxygen atoms in total. The molecule has 2 aliphatic carbocycles. The van der Waals surface area contributed by atoms with Crippen molar-refractivity contribution in [2.45, 2.75) is 103 Å². The van der Waals surface area contributed by atoms with E-state index in [1.807, 2.05) is 12.1 Å². The molecule has 4 rings (SSSR count). The molecule has 0 N–H and O–H groups in total. The highest BCUT2D eigenvalue weighted by Crippen LogP contribution is 2.40. The Morgan fingerprint density at radius 2 is 1.09 bits per heavy atom. The Kier molecular flexibility index (Phi) is 9.33. The summed E-state index contributed by atoms with van der Waals surface area (Å²) in [5.74, 6) is 4.77. The van der Waals surface area contributed by atoms with Crippen LogP contribution < -0.4 is 4.74 Å². The monoisotopic (exact) mass is 446 g/mol. The highest BCUT2D eigenvalue weighted by atomic mass is 16.5. The molecule has 0 spiro atoms. The molecule has 0 bridgehead atoms. The number of ether oxygens (including phenoxy) is 1. The van der Waals surface area contributed by atoms with Crippen molar-refractivity contribution < 1.29 is 4.74 Å². The van der Waals surface area contributed by atoms with E-state index in [0.717, 1.165) is 29.4 Å². The standard InChI is InChI=1S/C32H46O/c1-3-4-5-6-25-7-9-26(10-8-25)11-12-27-13-15-28(16-14-27)29-17-19-30(20-18-29)31-21-23-32(33-2)24-22-31/h17-28H,3-16H2,1-2H3. The molecular formula is C32H46O. The lowest BCUT2D eigenvalue weighted by atomic mass is 9.74. The predicted octanol–water partition coefficient (Wildman–Crippen LogP) is 9.80. The van der Waals surface area contributed by atoms with Gasteiger partial charge in [-0.05, 0) is 78.2 Å². The molecule has 2 aromatic rings. The molecule has 0 heterocycles. The molecule has 0 aliphatic heterocycles. The quantitative estimate of drug-likeness (QED) is 0.330. The number of hydrogen-bond donors (Lipinski definition) is 0. The summed E-state index contributed by atoms with van der Waals surface area (Å²) in [6.45, 7) is 2.32. The first-order chi connectivity index (χ1) is 16.2. The second-order valence-electron chi connectivity index (χ2n) is 11.0. The van der Waals surface area contributed by atoms with Gasteiger partial charge < -0.3 is 4.74 Å². The minimum Gasteiger partial charge on any atom is -0.497 e. The lowest BCUT2D eigenvalue weighted by molar-refractivity contribution is 0.222. The van der Waals surface area contributed by atoms with Gasteiger partial charge in [-0.3, -0.25) is 0 Å². The van der Waals surface area contributed by atoms with Gasteiger partial charge in [-0.25, -0.2) is 0 Å². The van der Waals surface area contributed by atoms with Crippen LogP contribution in [0.4, 0.5) is 0 Å². The van der Waals surface area contributed by atoms with Crippen molar-refractivity contribution in [3.8, 4) is 16.9 Å².